The molecule has 0 aromatic carbocycles. The van der Waals surface area contributed by atoms with Gasteiger partial charge in [-0.1, -0.05) is 0 Å². The maximum absolute atomic E-state index is 12.4. The molecule has 1 aromatic rings. The highest BCUT2D eigenvalue weighted by molar-refractivity contribution is 5.13. The van der Waals surface area contributed by atoms with Gasteiger partial charge < -0.3 is 5.73 Å². The van der Waals surface area contributed by atoms with E-state index >= 15 is 0 Å². The second kappa shape index (κ2) is 4.57. The van der Waals surface area contributed by atoms with E-state index in [0.717, 1.165) is 6.07 Å². The summed E-state index contributed by atoms with van der Waals surface area (Å²) in [6.07, 6.45) is -3.45. The Balaban J connectivity index is 2.95. The van der Waals surface area contributed by atoms with Crippen LogP contribution in [0.1, 0.15) is 23.6 Å². The Morgan fingerprint density at radius 2 is 2.00 bits per heavy atom. The summed E-state index contributed by atoms with van der Waals surface area (Å²) in [5.41, 5.74) is 4.70. The van der Waals surface area contributed by atoms with Crippen LogP contribution in [0.25, 0.3) is 0 Å². The van der Waals surface area contributed by atoms with Crippen molar-refractivity contribution < 1.29 is 13.2 Å². The van der Waals surface area contributed by atoms with Gasteiger partial charge in [0.15, 0.2) is 0 Å². The van der Waals surface area contributed by atoms with E-state index in [1.807, 2.05) is 0 Å². The van der Waals surface area contributed by atoms with E-state index in [-0.39, 0.29) is 5.82 Å². The molecule has 0 saturated heterocycles. The van der Waals surface area contributed by atoms with E-state index in [2.05, 4.69) is 9.97 Å². The Kier molecular flexibility index (Phi) is 3.62. The lowest BCUT2D eigenvalue weighted by Crippen LogP contribution is -2.12. The van der Waals surface area contributed by atoms with Crippen LogP contribution in [0.15, 0.2) is 6.07 Å². The number of alkyl halides is 3. The first-order chi connectivity index (χ1) is 6.93. The van der Waals surface area contributed by atoms with Gasteiger partial charge in [0.05, 0.1) is 0 Å². The molecule has 6 heteroatoms. The van der Waals surface area contributed by atoms with Crippen molar-refractivity contribution in [1.29, 1.82) is 0 Å². The summed E-state index contributed by atoms with van der Waals surface area (Å²) >= 11 is 0. The highest BCUT2D eigenvalue weighted by atomic mass is 19.4. The number of halogens is 3. The first-order valence-electron chi connectivity index (χ1n) is 4.55. The molecular formula is C9H12F3N3. The average Bonchev–Trinajstić information content (AvgIpc) is 2.12. The molecule has 0 bridgehead atoms. The fourth-order valence-corrected chi connectivity index (χ4v) is 1.15. The van der Waals surface area contributed by atoms with Crippen molar-refractivity contribution in [3.05, 3.63) is 23.3 Å². The number of nitrogens with zero attached hydrogens (tertiary/aromatic N) is 2. The lowest BCUT2D eigenvalue weighted by molar-refractivity contribution is -0.141. The Hall–Kier alpha value is -1.17. The Bertz CT molecular complexity index is 336. The fraction of sp³-hybridized carbons (Fsp3) is 0.556. The highest BCUT2D eigenvalue weighted by Crippen LogP contribution is 2.27. The van der Waals surface area contributed by atoms with Gasteiger partial charge in [0, 0.05) is 12.1 Å². The zero-order valence-electron chi connectivity index (χ0n) is 8.30. The number of hydrogen-bond donors (Lipinski definition) is 1. The molecule has 0 amide bonds. The smallest absolute Gasteiger partial charge is 0.330 e. The van der Waals surface area contributed by atoms with Gasteiger partial charge in [-0.15, -0.1) is 0 Å². The minimum atomic E-state index is -4.41. The summed E-state index contributed by atoms with van der Waals surface area (Å²) in [7, 11) is 0. The van der Waals surface area contributed by atoms with Crippen molar-refractivity contribution >= 4 is 0 Å². The maximum atomic E-state index is 12.4. The zero-order chi connectivity index (χ0) is 11.5. The average molecular weight is 219 g/mol. The van der Waals surface area contributed by atoms with Crippen LogP contribution in [0, 0.1) is 6.92 Å². The Labute approximate surface area is 85.5 Å². The van der Waals surface area contributed by atoms with Crippen molar-refractivity contribution in [1.82, 2.24) is 9.97 Å². The molecule has 1 rings (SSSR count). The molecule has 3 nitrogen and oxygen atoms in total. The maximum Gasteiger partial charge on any atom is 0.433 e. The van der Waals surface area contributed by atoms with E-state index in [1.54, 1.807) is 0 Å². The van der Waals surface area contributed by atoms with Crippen LogP contribution in [0.2, 0.25) is 0 Å². The third-order valence-electron chi connectivity index (χ3n) is 1.80. The van der Waals surface area contributed by atoms with E-state index in [1.165, 1.54) is 6.92 Å². The zero-order valence-corrected chi connectivity index (χ0v) is 8.30. The van der Waals surface area contributed by atoms with E-state index in [4.69, 9.17) is 5.73 Å². The van der Waals surface area contributed by atoms with Crippen LogP contribution >= 0.6 is 0 Å². The van der Waals surface area contributed by atoms with Crippen molar-refractivity contribution in [2.75, 3.05) is 6.54 Å². The summed E-state index contributed by atoms with van der Waals surface area (Å²) in [6.45, 7) is 1.93. The van der Waals surface area contributed by atoms with Crippen molar-refractivity contribution in [2.24, 2.45) is 5.73 Å². The Morgan fingerprint density at radius 1 is 1.33 bits per heavy atom. The molecule has 2 N–H and O–H groups in total. The van der Waals surface area contributed by atoms with Crippen LogP contribution in [0.4, 0.5) is 13.2 Å². The normalized spacial score (nSPS) is 11.8. The molecule has 0 spiro atoms. The van der Waals surface area contributed by atoms with E-state index < -0.39 is 11.9 Å². The van der Waals surface area contributed by atoms with Gasteiger partial charge in [-0.25, -0.2) is 9.97 Å². The van der Waals surface area contributed by atoms with Gasteiger partial charge in [-0.3, -0.25) is 0 Å². The molecule has 15 heavy (non-hydrogen) atoms. The van der Waals surface area contributed by atoms with Gasteiger partial charge in [0.2, 0.25) is 0 Å². The van der Waals surface area contributed by atoms with Crippen LogP contribution in [0.5, 0.6) is 0 Å². The lowest BCUT2D eigenvalue weighted by atomic mass is 10.2. The van der Waals surface area contributed by atoms with Crippen molar-refractivity contribution in [3.63, 3.8) is 0 Å². The van der Waals surface area contributed by atoms with Gasteiger partial charge in [0.1, 0.15) is 11.5 Å². The van der Waals surface area contributed by atoms with Crippen molar-refractivity contribution in [2.45, 2.75) is 25.9 Å². The number of nitrogens with two attached hydrogens (primary N) is 1. The molecule has 0 unspecified atom stereocenters. The van der Waals surface area contributed by atoms with E-state index in [0.29, 0.717) is 25.1 Å². The number of rotatable bonds is 3. The first kappa shape index (κ1) is 11.9. The molecule has 0 atom stereocenters. The topological polar surface area (TPSA) is 51.8 Å². The van der Waals surface area contributed by atoms with Crippen LogP contribution in [-0.2, 0) is 12.6 Å². The molecule has 0 saturated carbocycles. The SMILES string of the molecule is Cc1cc(C(F)(F)F)nc(CCCN)n1. The Morgan fingerprint density at radius 3 is 2.53 bits per heavy atom. The van der Waals surface area contributed by atoms with Crippen LogP contribution in [-0.4, -0.2) is 16.5 Å². The second-order valence-electron chi connectivity index (χ2n) is 3.20. The van der Waals surface area contributed by atoms with Gasteiger partial charge in [-0.2, -0.15) is 13.2 Å². The van der Waals surface area contributed by atoms with Gasteiger partial charge in [-0.05, 0) is 26.0 Å². The molecule has 0 fully saturated rings. The molecule has 1 aromatic heterocycles. The summed E-state index contributed by atoms with van der Waals surface area (Å²) in [5, 5.41) is 0. The predicted molar refractivity (Wildman–Crippen MR) is 49.1 cm³/mol. The molecule has 0 aliphatic heterocycles. The van der Waals surface area contributed by atoms with Gasteiger partial charge >= 0.3 is 6.18 Å². The molecule has 1 heterocycles. The summed E-state index contributed by atoms with van der Waals surface area (Å²) in [6, 6.07) is 0.936. The number of hydrogen-bond acceptors (Lipinski definition) is 3. The number of aromatic nitrogens is 2. The third kappa shape index (κ3) is 3.47. The predicted octanol–water partition coefficient (Wildman–Crippen LogP) is 1.70. The summed E-state index contributed by atoms with van der Waals surface area (Å²) < 4.78 is 37.1. The molecule has 0 aliphatic carbocycles. The molecule has 84 valence electrons. The fourth-order valence-electron chi connectivity index (χ4n) is 1.15. The van der Waals surface area contributed by atoms with Crippen LogP contribution in [0.3, 0.4) is 0 Å². The monoisotopic (exact) mass is 219 g/mol. The summed E-state index contributed by atoms with van der Waals surface area (Å²) in [4.78, 5) is 7.37. The summed E-state index contributed by atoms with van der Waals surface area (Å²) in [5.74, 6) is 0.202. The lowest BCUT2D eigenvalue weighted by Gasteiger charge is -2.08. The van der Waals surface area contributed by atoms with E-state index in [9.17, 15) is 13.2 Å². The minimum absolute atomic E-state index is 0.202. The quantitative estimate of drug-likeness (QED) is 0.841. The highest BCUT2D eigenvalue weighted by Gasteiger charge is 2.33. The third-order valence-corrected chi connectivity index (χ3v) is 1.80. The standard InChI is InChI=1S/C9H12F3N3/c1-6-5-7(9(10,11)12)15-8(14-6)3-2-4-13/h5H,2-4,13H2,1H3. The van der Waals surface area contributed by atoms with Crippen molar-refractivity contribution in [3.8, 4) is 0 Å². The number of aryl methyl sites for hydroxylation is 2. The largest absolute Gasteiger partial charge is 0.433 e. The minimum Gasteiger partial charge on any atom is -0.330 e. The second-order valence-corrected chi connectivity index (χ2v) is 3.20. The molecule has 0 radical (unpaired) electrons. The van der Waals surface area contributed by atoms with Gasteiger partial charge in [0.25, 0.3) is 0 Å². The molecular weight excluding hydrogens is 207 g/mol. The molecule has 0 aliphatic rings. The first-order valence-corrected chi connectivity index (χ1v) is 4.55. The van der Waals surface area contributed by atoms with Crippen LogP contribution < -0.4 is 5.73 Å².